The largest absolute Gasteiger partial charge is 0.356 e. The van der Waals surface area contributed by atoms with E-state index in [0.29, 0.717) is 25.9 Å². The van der Waals surface area contributed by atoms with Crippen LogP contribution in [0, 0.1) is 17.3 Å². The van der Waals surface area contributed by atoms with Gasteiger partial charge in [-0.2, -0.15) is 0 Å². The van der Waals surface area contributed by atoms with Gasteiger partial charge >= 0.3 is 0 Å². The lowest BCUT2D eigenvalue weighted by molar-refractivity contribution is -0.139. The number of carbonyl (C=O) groups is 3. The van der Waals surface area contributed by atoms with Crippen LogP contribution in [0.25, 0.3) is 0 Å². The fourth-order valence-electron chi connectivity index (χ4n) is 2.65. The SMILES string of the molecule is CC(C)[C@H]1CC(=O)N(CCCCCC(=O)NCC(C)(C)C)C1=O. The third kappa shape index (κ3) is 6.71. The number of carbonyl (C=O) groups excluding carboxylic acids is 3. The number of likely N-dealkylation sites (tertiary alicyclic amines) is 1. The molecule has 5 heteroatoms. The zero-order valence-corrected chi connectivity index (χ0v) is 15.3. The van der Waals surface area contributed by atoms with Gasteiger partial charge in [-0.15, -0.1) is 0 Å². The van der Waals surface area contributed by atoms with E-state index in [9.17, 15) is 14.4 Å². The molecule has 1 atom stereocenters. The molecular weight excluding hydrogens is 292 g/mol. The highest BCUT2D eigenvalue weighted by atomic mass is 16.2. The highest BCUT2D eigenvalue weighted by Crippen LogP contribution is 2.26. The van der Waals surface area contributed by atoms with Gasteiger partial charge in [0.05, 0.1) is 0 Å². The number of nitrogens with one attached hydrogen (secondary N) is 1. The summed E-state index contributed by atoms with van der Waals surface area (Å²) in [7, 11) is 0. The van der Waals surface area contributed by atoms with E-state index < -0.39 is 0 Å². The minimum atomic E-state index is -0.148. The molecule has 0 radical (unpaired) electrons. The van der Waals surface area contributed by atoms with Crippen molar-refractivity contribution in [1.82, 2.24) is 10.2 Å². The Morgan fingerprint density at radius 3 is 2.39 bits per heavy atom. The standard InChI is InChI=1S/C18H32N2O3/c1-13(2)14-11-16(22)20(17(14)23)10-8-6-7-9-15(21)19-12-18(3,4)5/h13-14H,6-12H2,1-5H3,(H,19,21)/t14-/m1/s1. The molecular formula is C18H32N2O3. The van der Waals surface area contributed by atoms with Gasteiger partial charge in [0, 0.05) is 31.8 Å². The molecule has 1 N–H and O–H groups in total. The predicted octanol–water partition coefficient (Wildman–Crippen LogP) is 2.74. The highest BCUT2D eigenvalue weighted by Gasteiger charge is 2.39. The van der Waals surface area contributed by atoms with Crippen LogP contribution in [-0.2, 0) is 14.4 Å². The van der Waals surface area contributed by atoms with Crippen molar-refractivity contribution in [2.45, 2.75) is 66.7 Å². The number of imide groups is 1. The third-order valence-electron chi connectivity index (χ3n) is 4.18. The Labute approximate surface area is 140 Å². The molecule has 3 amide bonds. The van der Waals surface area contributed by atoms with Crippen LogP contribution in [0.15, 0.2) is 0 Å². The van der Waals surface area contributed by atoms with E-state index in [0.717, 1.165) is 19.3 Å². The number of hydrogen-bond acceptors (Lipinski definition) is 3. The van der Waals surface area contributed by atoms with Gasteiger partial charge in [-0.1, -0.05) is 41.0 Å². The number of hydrogen-bond donors (Lipinski definition) is 1. The predicted molar refractivity (Wildman–Crippen MR) is 90.6 cm³/mol. The second-order valence-electron chi connectivity index (χ2n) is 8.09. The van der Waals surface area contributed by atoms with E-state index in [1.165, 1.54) is 4.90 Å². The van der Waals surface area contributed by atoms with Crippen LogP contribution >= 0.6 is 0 Å². The molecule has 23 heavy (non-hydrogen) atoms. The first-order valence-corrected chi connectivity index (χ1v) is 8.72. The molecule has 1 aliphatic heterocycles. The van der Waals surface area contributed by atoms with Crippen molar-refractivity contribution in [1.29, 1.82) is 0 Å². The van der Waals surface area contributed by atoms with Crippen LogP contribution in [0.3, 0.4) is 0 Å². The molecule has 132 valence electrons. The Morgan fingerprint density at radius 2 is 1.87 bits per heavy atom. The average Bonchev–Trinajstić information content (AvgIpc) is 2.71. The van der Waals surface area contributed by atoms with E-state index in [4.69, 9.17) is 0 Å². The zero-order chi connectivity index (χ0) is 17.6. The monoisotopic (exact) mass is 324 g/mol. The lowest BCUT2D eigenvalue weighted by Crippen LogP contribution is -2.33. The number of unbranched alkanes of at least 4 members (excludes halogenated alkanes) is 2. The molecule has 1 saturated heterocycles. The van der Waals surface area contributed by atoms with Gasteiger partial charge in [-0.05, 0) is 24.2 Å². The van der Waals surface area contributed by atoms with Gasteiger partial charge in [0.25, 0.3) is 0 Å². The smallest absolute Gasteiger partial charge is 0.233 e. The van der Waals surface area contributed by atoms with Crippen LogP contribution in [0.4, 0.5) is 0 Å². The number of rotatable bonds is 8. The molecule has 1 fully saturated rings. The Bertz CT molecular complexity index is 438. The van der Waals surface area contributed by atoms with Gasteiger partial charge < -0.3 is 5.32 Å². The van der Waals surface area contributed by atoms with Crippen molar-refractivity contribution >= 4 is 17.7 Å². The molecule has 5 nitrogen and oxygen atoms in total. The third-order valence-corrected chi connectivity index (χ3v) is 4.18. The normalized spacial score (nSPS) is 18.9. The first-order valence-electron chi connectivity index (χ1n) is 8.72. The number of nitrogens with zero attached hydrogens (tertiary/aromatic N) is 1. The molecule has 1 rings (SSSR count). The molecule has 0 bridgehead atoms. The zero-order valence-electron chi connectivity index (χ0n) is 15.3. The van der Waals surface area contributed by atoms with E-state index >= 15 is 0 Å². The fraction of sp³-hybridized carbons (Fsp3) is 0.833. The van der Waals surface area contributed by atoms with Crippen LogP contribution in [0.2, 0.25) is 0 Å². The van der Waals surface area contributed by atoms with Crippen molar-refractivity contribution in [2.24, 2.45) is 17.3 Å². The summed E-state index contributed by atoms with van der Waals surface area (Å²) in [6.07, 6.45) is 3.28. The summed E-state index contributed by atoms with van der Waals surface area (Å²) in [4.78, 5) is 37.1. The van der Waals surface area contributed by atoms with Crippen molar-refractivity contribution in [3.05, 3.63) is 0 Å². The van der Waals surface area contributed by atoms with E-state index in [1.807, 2.05) is 13.8 Å². The Kier molecular flexibility index (Phi) is 7.23. The summed E-state index contributed by atoms with van der Waals surface area (Å²) in [5.74, 6) is 0.0753. The molecule has 0 spiro atoms. The molecule has 0 unspecified atom stereocenters. The molecule has 0 saturated carbocycles. The number of amides is 3. The Balaban J connectivity index is 2.19. The van der Waals surface area contributed by atoms with Crippen molar-refractivity contribution in [3.63, 3.8) is 0 Å². The van der Waals surface area contributed by atoms with E-state index in [-0.39, 0.29) is 35.0 Å². The molecule has 0 aliphatic carbocycles. The molecule has 0 aromatic rings. The Morgan fingerprint density at radius 1 is 1.22 bits per heavy atom. The minimum Gasteiger partial charge on any atom is -0.356 e. The molecule has 1 heterocycles. The van der Waals surface area contributed by atoms with Crippen molar-refractivity contribution in [3.8, 4) is 0 Å². The summed E-state index contributed by atoms with van der Waals surface area (Å²) in [5.41, 5.74) is 0.0963. The summed E-state index contributed by atoms with van der Waals surface area (Å²) < 4.78 is 0. The maximum Gasteiger partial charge on any atom is 0.233 e. The fourth-order valence-corrected chi connectivity index (χ4v) is 2.65. The van der Waals surface area contributed by atoms with Gasteiger partial charge in [0.15, 0.2) is 0 Å². The summed E-state index contributed by atoms with van der Waals surface area (Å²) >= 11 is 0. The van der Waals surface area contributed by atoms with E-state index in [2.05, 4.69) is 26.1 Å². The van der Waals surface area contributed by atoms with Crippen molar-refractivity contribution in [2.75, 3.05) is 13.1 Å². The van der Waals surface area contributed by atoms with Crippen LogP contribution in [0.5, 0.6) is 0 Å². The lowest BCUT2D eigenvalue weighted by Gasteiger charge is -2.18. The first kappa shape index (κ1) is 19.7. The van der Waals surface area contributed by atoms with Gasteiger partial charge in [-0.3, -0.25) is 19.3 Å². The second-order valence-corrected chi connectivity index (χ2v) is 8.09. The van der Waals surface area contributed by atoms with Crippen LogP contribution in [-0.4, -0.2) is 35.7 Å². The Hall–Kier alpha value is -1.39. The van der Waals surface area contributed by atoms with Gasteiger partial charge in [-0.25, -0.2) is 0 Å². The van der Waals surface area contributed by atoms with Gasteiger partial charge in [0.2, 0.25) is 17.7 Å². The quantitative estimate of drug-likeness (QED) is 0.551. The summed E-state index contributed by atoms with van der Waals surface area (Å²) in [6, 6.07) is 0. The highest BCUT2D eigenvalue weighted by molar-refractivity contribution is 6.03. The molecule has 1 aliphatic rings. The average molecular weight is 324 g/mol. The molecule has 0 aromatic heterocycles. The maximum atomic E-state index is 12.1. The van der Waals surface area contributed by atoms with Crippen LogP contribution < -0.4 is 5.32 Å². The van der Waals surface area contributed by atoms with Crippen molar-refractivity contribution < 1.29 is 14.4 Å². The minimum absolute atomic E-state index is 0.0204. The molecule has 0 aromatic carbocycles. The first-order chi connectivity index (χ1) is 10.6. The van der Waals surface area contributed by atoms with Crippen LogP contribution in [0.1, 0.15) is 66.7 Å². The summed E-state index contributed by atoms with van der Waals surface area (Å²) in [6.45, 7) is 11.4. The second kappa shape index (κ2) is 8.46. The van der Waals surface area contributed by atoms with E-state index in [1.54, 1.807) is 0 Å². The topological polar surface area (TPSA) is 66.5 Å². The summed E-state index contributed by atoms with van der Waals surface area (Å²) in [5, 5.41) is 2.93. The lowest BCUT2D eigenvalue weighted by atomic mass is 9.94. The maximum absolute atomic E-state index is 12.1. The van der Waals surface area contributed by atoms with Gasteiger partial charge in [0.1, 0.15) is 0 Å².